The van der Waals surface area contributed by atoms with E-state index in [4.69, 9.17) is 0 Å². The lowest BCUT2D eigenvalue weighted by molar-refractivity contribution is 0.104. The molecule has 0 N–H and O–H groups in total. The minimum absolute atomic E-state index is 0.0357. The predicted octanol–water partition coefficient (Wildman–Crippen LogP) is 2.45. The van der Waals surface area contributed by atoms with Crippen molar-refractivity contribution in [2.45, 2.75) is 0 Å². The topological polar surface area (TPSA) is 17.1 Å². The van der Waals surface area contributed by atoms with Crippen molar-refractivity contribution in [3.63, 3.8) is 0 Å². The van der Waals surface area contributed by atoms with Crippen molar-refractivity contribution < 1.29 is 4.79 Å². The lowest BCUT2D eigenvalue weighted by Gasteiger charge is -1.97. The van der Waals surface area contributed by atoms with Crippen LogP contribution in [0.4, 0.5) is 0 Å². The van der Waals surface area contributed by atoms with Crippen molar-refractivity contribution >= 4 is 47.8 Å². The molecule has 3 heteroatoms. The number of rotatable bonds is 3. The molecule has 88 valence electrons. The fourth-order valence-corrected chi connectivity index (χ4v) is 1.92. The van der Waals surface area contributed by atoms with Crippen molar-refractivity contribution in [3.8, 4) is 0 Å². The Kier molecular flexibility index (Phi) is 4.36. The molecule has 0 aliphatic rings. The molecule has 0 aromatic heterocycles. The summed E-state index contributed by atoms with van der Waals surface area (Å²) in [5.74, 6) is 0.0357. The quantitative estimate of drug-likeness (QED) is 0.361. The molecule has 0 radical (unpaired) electrons. The van der Waals surface area contributed by atoms with Crippen LogP contribution in [0.3, 0.4) is 0 Å². The van der Waals surface area contributed by atoms with Gasteiger partial charge in [0.25, 0.3) is 0 Å². The second-order valence-electron chi connectivity index (χ2n) is 4.12. The highest BCUT2D eigenvalue weighted by molar-refractivity contribution is 14.1. The van der Waals surface area contributed by atoms with Gasteiger partial charge in [-0.2, -0.15) is 0 Å². The molecule has 1 nitrogen and oxygen atoms in total. The fourth-order valence-electron chi connectivity index (χ4n) is 1.56. The number of carbonyl (C=O) groups is 1. The maximum atomic E-state index is 11.9. The molecule has 2 rings (SSSR count). The second-order valence-corrected chi connectivity index (χ2v) is 5.36. The Bertz CT molecular complexity index is 570. The monoisotopic (exact) mass is 346 g/mol. The van der Waals surface area contributed by atoms with Gasteiger partial charge in [-0.15, -0.1) is 0 Å². The third-order valence-corrected chi connectivity index (χ3v) is 3.35. The average molecular weight is 346 g/mol. The van der Waals surface area contributed by atoms with Crippen LogP contribution < -0.4 is 5.46 Å². The highest BCUT2D eigenvalue weighted by atomic mass is 127. The van der Waals surface area contributed by atoms with Gasteiger partial charge < -0.3 is 0 Å². The lowest BCUT2D eigenvalue weighted by Crippen LogP contribution is -2.02. The molecule has 0 saturated carbocycles. The Hall–Kier alpha value is -1.36. The van der Waals surface area contributed by atoms with Crippen LogP contribution in [0.15, 0.2) is 54.6 Å². The first-order valence-electron chi connectivity index (χ1n) is 5.70. The van der Waals surface area contributed by atoms with Crippen LogP contribution in [0.25, 0.3) is 6.08 Å². The van der Waals surface area contributed by atoms with Gasteiger partial charge in [0.05, 0.1) is 0 Å². The van der Waals surface area contributed by atoms with Crippen molar-refractivity contribution in [3.05, 3.63) is 69.3 Å². The van der Waals surface area contributed by atoms with Gasteiger partial charge in [0.1, 0.15) is 7.85 Å². The van der Waals surface area contributed by atoms with Gasteiger partial charge in [0.2, 0.25) is 0 Å². The fraction of sp³-hybridized carbons (Fsp3) is 0. The molecule has 0 heterocycles. The van der Waals surface area contributed by atoms with Crippen LogP contribution in [0.1, 0.15) is 15.9 Å². The van der Waals surface area contributed by atoms with Gasteiger partial charge in [-0.25, -0.2) is 0 Å². The van der Waals surface area contributed by atoms with Crippen LogP contribution in [0, 0.1) is 3.57 Å². The van der Waals surface area contributed by atoms with E-state index >= 15 is 0 Å². The van der Waals surface area contributed by atoms with E-state index in [2.05, 4.69) is 22.6 Å². The van der Waals surface area contributed by atoms with E-state index in [0.29, 0.717) is 0 Å². The van der Waals surface area contributed by atoms with Gasteiger partial charge in [0, 0.05) is 9.13 Å². The summed E-state index contributed by atoms with van der Waals surface area (Å²) in [7, 11) is 2.01. The molecular weight excluding hydrogens is 334 g/mol. The molecule has 0 bridgehead atoms. The number of carbonyl (C=O) groups excluding carboxylic acids is 1. The first-order valence-corrected chi connectivity index (χ1v) is 6.78. The zero-order valence-electron chi connectivity index (χ0n) is 10.1. The molecule has 0 amide bonds. The Labute approximate surface area is 121 Å². The van der Waals surface area contributed by atoms with Crippen LogP contribution in [0.5, 0.6) is 0 Å². The minimum Gasteiger partial charge on any atom is -0.289 e. The highest BCUT2D eigenvalue weighted by Gasteiger charge is 2.00. The standard InChI is InChI=1S/C15H12BIO/c16-13-6-4-12(5-7-13)15(18)10-3-11-1-8-14(17)9-2-11/h1-10H,16H2/b10-3+. The molecule has 2 aromatic carbocycles. The number of benzene rings is 2. The number of hydrogen-bond donors (Lipinski definition) is 0. The molecule has 0 unspecified atom stereocenters. The number of allylic oxidation sites excluding steroid dienone is 1. The van der Waals surface area contributed by atoms with Gasteiger partial charge in [-0.3, -0.25) is 4.79 Å². The molecule has 0 spiro atoms. The molecule has 2 aromatic rings. The summed E-state index contributed by atoms with van der Waals surface area (Å²) in [5.41, 5.74) is 2.92. The SMILES string of the molecule is Bc1ccc(C(=O)/C=C/c2ccc(I)cc2)cc1. The van der Waals surface area contributed by atoms with E-state index in [9.17, 15) is 4.79 Å². The van der Waals surface area contributed by atoms with E-state index in [0.717, 1.165) is 16.6 Å². The van der Waals surface area contributed by atoms with E-state index in [1.54, 1.807) is 6.08 Å². The number of ketones is 1. The largest absolute Gasteiger partial charge is 0.289 e. The number of halogens is 1. The summed E-state index contributed by atoms with van der Waals surface area (Å²) in [6.07, 6.45) is 3.46. The Morgan fingerprint density at radius 2 is 1.61 bits per heavy atom. The van der Waals surface area contributed by atoms with Gasteiger partial charge >= 0.3 is 0 Å². The Morgan fingerprint density at radius 1 is 1.00 bits per heavy atom. The second kappa shape index (κ2) is 6.00. The zero-order chi connectivity index (χ0) is 13.0. The van der Waals surface area contributed by atoms with Crippen molar-refractivity contribution in [1.29, 1.82) is 0 Å². The van der Waals surface area contributed by atoms with Crippen LogP contribution in [0.2, 0.25) is 0 Å². The van der Waals surface area contributed by atoms with E-state index in [-0.39, 0.29) is 5.78 Å². The number of hydrogen-bond acceptors (Lipinski definition) is 1. The van der Waals surface area contributed by atoms with Crippen molar-refractivity contribution in [2.24, 2.45) is 0 Å². The third kappa shape index (κ3) is 3.57. The highest BCUT2D eigenvalue weighted by Crippen LogP contribution is 2.09. The third-order valence-electron chi connectivity index (χ3n) is 2.63. The lowest BCUT2D eigenvalue weighted by atomic mass is 9.94. The smallest absolute Gasteiger partial charge is 0.185 e. The summed E-state index contributed by atoms with van der Waals surface area (Å²) < 4.78 is 1.19. The predicted molar refractivity (Wildman–Crippen MR) is 87.1 cm³/mol. The molecule has 0 atom stereocenters. The van der Waals surface area contributed by atoms with Crippen LogP contribution in [-0.2, 0) is 0 Å². The van der Waals surface area contributed by atoms with E-state index < -0.39 is 0 Å². The van der Waals surface area contributed by atoms with Crippen molar-refractivity contribution in [1.82, 2.24) is 0 Å². The maximum Gasteiger partial charge on any atom is 0.185 e. The van der Waals surface area contributed by atoms with Gasteiger partial charge in [0.15, 0.2) is 5.78 Å². The van der Waals surface area contributed by atoms with Crippen LogP contribution in [-0.4, -0.2) is 13.6 Å². The normalized spacial score (nSPS) is 10.7. The molecule has 0 aliphatic carbocycles. The molecule has 18 heavy (non-hydrogen) atoms. The summed E-state index contributed by atoms with van der Waals surface area (Å²) >= 11 is 2.26. The summed E-state index contributed by atoms with van der Waals surface area (Å²) in [5, 5.41) is 0. The Morgan fingerprint density at radius 3 is 2.22 bits per heavy atom. The van der Waals surface area contributed by atoms with Crippen LogP contribution >= 0.6 is 22.6 Å². The summed E-state index contributed by atoms with van der Waals surface area (Å²) in [4.78, 5) is 11.9. The van der Waals surface area contributed by atoms with E-state index in [1.165, 1.54) is 3.57 Å². The Balaban J connectivity index is 2.11. The minimum atomic E-state index is 0.0357. The zero-order valence-corrected chi connectivity index (χ0v) is 12.2. The summed E-state index contributed by atoms with van der Waals surface area (Å²) in [6.45, 7) is 0. The first-order chi connectivity index (χ1) is 8.65. The summed E-state index contributed by atoms with van der Waals surface area (Å²) in [6, 6.07) is 15.7. The molecular formula is C15H12BIO. The molecule has 0 fully saturated rings. The van der Waals surface area contributed by atoms with E-state index in [1.807, 2.05) is 62.5 Å². The molecule has 0 aliphatic heterocycles. The van der Waals surface area contributed by atoms with Crippen molar-refractivity contribution in [2.75, 3.05) is 0 Å². The average Bonchev–Trinajstić information content (AvgIpc) is 2.38. The first kappa shape index (κ1) is 13.1. The molecule has 0 saturated heterocycles. The van der Waals surface area contributed by atoms with Gasteiger partial charge in [-0.1, -0.05) is 47.9 Å². The maximum absolute atomic E-state index is 11.9. The van der Waals surface area contributed by atoms with Gasteiger partial charge in [-0.05, 0) is 46.4 Å².